The molecule has 0 radical (unpaired) electrons. The summed E-state index contributed by atoms with van der Waals surface area (Å²) in [5.41, 5.74) is 1.36. The normalized spacial score (nSPS) is 10.5. The van der Waals surface area contributed by atoms with Gasteiger partial charge in [0.15, 0.2) is 0 Å². The molecular weight excluding hydrogens is 226 g/mol. The first-order valence-corrected chi connectivity index (χ1v) is 6.77. The van der Waals surface area contributed by atoms with Gasteiger partial charge in [0.1, 0.15) is 0 Å². The Labute approximate surface area is 109 Å². The second kappa shape index (κ2) is 8.70. The number of carboxylic acids is 1. The first-order chi connectivity index (χ1) is 8.75. The quantitative estimate of drug-likeness (QED) is 0.661. The van der Waals surface area contributed by atoms with E-state index in [2.05, 4.69) is 12.2 Å². The number of hydrogen-bond donors (Lipinski definition) is 2. The van der Waals surface area contributed by atoms with Crippen molar-refractivity contribution in [3.05, 3.63) is 35.4 Å². The number of benzene rings is 1. The third-order valence-corrected chi connectivity index (χ3v) is 3.00. The molecule has 0 heterocycles. The van der Waals surface area contributed by atoms with E-state index in [1.807, 2.05) is 12.1 Å². The van der Waals surface area contributed by atoms with E-state index in [-0.39, 0.29) is 0 Å². The molecule has 0 saturated heterocycles. The smallest absolute Gasteiger partial charge is 0.335 e. The number of unbranched alkanes of at least 4 members (excludes halogenated alkanes) is 2. The van der Waals surface area contributed by atoms with Crippen LogP contribution < -0.4 is 5.32 Å². The summed E-state index contributed by atoms with van der Waals surface area (Å²) in [6.45, 7) is 4.22. The Hall–Kier alpha value is -1.35. The minimum Gasteiger partial charge on any atom is -0.478 e. The van der Waals surface area contributed by atoms with Crippen LogP contribution >= 0.6 is 0 Å². The average Bonchev–Trinajstić information content (AvgIpc) is 2.38. The molecule has 1 rings (SSSR count). The molecule has 0 aliphatic heterocycles. The van der Waals surface area contributed by atoms with E-state index >= 15 is 0 Å². The molecule has 0 atom stereocenters. The minimum atomic E-state index is -0.832. The van der Waals surface area contributed by atoms with Crippen LogP contribution in [-0.2, 0) is 6.42 Å². The second-order valence-electron chi connectivity index (χ2n) is 4.52. The third-order valence-electron chi connectivity index (χ3n) is 3.00. The molecule has 0 fully saturated rings. The first-order valence-electron chi connectivity index (χ1n) is 6.77. The molecule has 0 amide bonds. The maximum absolute atomic E-state index is 11.0. The SMILES string of the molecule is CCCCCNCCCc1ccccc1C(=O)O. The highest BCUT2D eigenvalue weighted by atomic mass is 16.4. The molecule has 1 aromatic rings. The van der Waals surface area contributed by atoms with Gasteiger partial charge in [0.2, 0.25) is 0 Å². The largest absolute Gasteiger partial charge is 0.478 e. The van der Waals surface area contributed by atoms with Gasteiger partial charge in [-0.25, -0.2) is 4.79 Å². The highest BCUT2D eigenvalue weighted by Crippen LogP contribution is 2.10. The maximum Gasteiger partial charge on any atom is 0.335 e. The summed E-state index contributed by atoms with van der Waals surface area (Å²) in [5.74, 6) is -0.832. The van der Waals surface area contributed by atoms with Crippen LogP contribution in [0.4, 0.5) is 0 Å². The van der Waals surface area contributed by atoms with Crippen molar-refractivity contribution in [2.45, 2.75) is 39.0 Å². The van der Waals surface area contributed by atoms with Crippen molar-refractivity contribution in [2.75, 3.05) is 13.1 Å². The Morgan fingerprint density at radius 1 is 1.17 bits per heavy atom. The van der Waals surface area contributed by atoms with Gasteiger partial charge < -0.3 is 10.4 Å². The van der Waals surface area contributed by atoms with Gasteiger partial charge in [0.05, 0.1) is 5.56 Å². The highest BCUT2D eigenvalue weighted by Gasteiger charge is 2.07. The van der Waals surface area contributed by atoms with Gasteiger partial charge >= 0.3 is 5.97 Å². The monoisotopic (exact) mass is 249 g/mol. The lowest BCUT2D eigenvalue weighted by molar-refractivity contribution is 0.0695. The van der Waals surface area contributed by atoms with E-state index in [1.165, 1.54) is 19.3 Å². The fourth-order valence-electron chi connectivity index (χ4n) is 1.98. The minimum absolute atomic E-state index is 0.434. The predicted molar refractivity (Wildman–Crippen MR) is 74.1 cm³/mol. The van der Waals surface area contributed by atoms with Crippen LogP contribution in [-0.4, -0.2) is 24.2 Å². The van der Waals surface area contributed by atoms with Gasteiger partial charge in [0, 0.05) is 0 Å². The molecule has 2 N–H and O–H groups in total. The van der Waals surface area contributed by atoms with E-state index in [9.17, 15) is 4.79 Å². The molecule has 3 heteroatoms. The second-order valence-corrected chi connectivity index (χ2v) is 4.52. The Kier molecular flexibility index (Phi) is 7.11. The molecule has 1 aromatic carbocycles. The Bertz CT molecular complexity index is 363. The number of carboxylic acid groups (broad SMARTS) is 1. The zero-order valence-corrected chi connectivity index (χ0v) is 11.1. The van der Waals surface area contributed by atoms with Crippen LogP contribution in [0.3, 0.4) is 0 Å². The summed E-state index contributed by atoms with van der Waals surface area (Å²) >= 11 is 0. The van der Waals surface area contributed by atoms with Crippen LogP contribution in [0.1, 0.15) is 48.5 Å². The van der Waals surface area contributed by atoms with Crippen molar-refractivity contribution in [2.24, 2.45) is 0 Å². The Morgan fingerprint density at radius 2 is 1.89 bits per heavy atom. The van der Waals surface area contributed by atoms with Gasteiger partial charge in [-0.15, -0.1) is 0 Å². The number of nitrogens with one attached hydrogen (secondary N) is 1. The van der Waals surface area contributed by atoms with E-state index in [0.717, 1.165) is 31.5 Å². The molecule has 0 aromatic heterocycles. The van der Waals surface area contributed by atoms with E-state index in [4.69, 9.17) is 5.11 Å². The first kappa shape index (κ1) is 14.7. The van der Waals surface area contributed by atoms with Crippen molar-refractivity contribution in [1.29, 1.82) is 0 Å². The van der Waals surface area contributed by atoms with Crippen LogP contribution in [0, 0.1) is 0 Å². The molecule has 18 heavy (non-hydrogen) atoms. The van der Waals surface area contributed by atoms with Crippen LogP contribution in [0.5, 0.6) is 0 Å². The van der Waals surface area contributed by atoms with Crippen molar-refractivity contribution in [3.8, 4) is 0 Å². The molecule has 0 aliphatic carbocycles. The summed E-state index contributed by atoms with van der Waals surface area (Å²) in [6.07, 6.45) is 5.55. The summed E-state index contributed by atoms with van der Waals surface area (Å²) in [7, 11) is 0. The van der Waals surface area contributed by atoms with Gasteiger partial charge in [0.25, 0.3) is 0 Å². The number of aromatic carboxylic acids is 1. The van der Waals surface area contributed by atoms with Crippen molar-refractivity contribution in [1.82, 2.24) is 5.32 Å². The highest BCUT2D eigenvalue weighted by molar-refractivity contribution is 5.89. The molecule has 100 valence electrons. The standard InChI is InChI=1S/C15H23NO2/c1-2-3-6-11-16-12-7-9-13-8-4-5-10-14(13)15(17)18/h4-5,8,10,16H,2-3,6-7,9,11-12H2,1H3,(H,17,18). The molecule has 0 unspecified atom stereocenters. The number of hydrogen-bond acceptors (Lipinski definition) is 2. The molecule has 0 aliphatic rings. The van der Waals surface area contributed by atoms with Crippen molar-refractivity contribution >= 4 is 5.97 Å². The fourth-order valence-corrected chi connectivity index (χ4v) is 1.98. The molecule has 0 bridgehead atoms. The molecular formula is C15H23NO2. The zero-order chi connectivity index (χ0) is 13.2. The summed E-state index contributed by atoms with van der Waals surface area (Å²) in [6, 6.07) is 7.25. The predicted octanol–water partition coefficient (Wildman–Crippen LogP) is 3.10. The third kappa shape index (κ3) is 5.32. The van der Waals surface area contributed by atoms with Gasteiger partial charge in [-0.05, 0) is 44.0 Å². The Balaban J connectivity index is 2.25. The van der Waals surface area contributed by atoms with E-state index in [0.29, 0.717) is 5.56 Å². The van der Waals surface area contributed by atoms with Crippen LogP contribution in [0.25, 0.3) is 0 Å². The lowest BCUT2D eigenvalue weighted by Crippen LogP contribution is -2.17. The summed E-state index contributed by atoms with van der Waals surface area (Å²) in [5, 5.41) is 12.4. The molecule has 0 spiro atoms. The van der Waals surface area contributed by atoms with Gasteiger partial charge in [-0.3, -0.25) is 0 Å². The topological polar surface area (TPSA) is 49.3 Å². The average molecular weight is 249 g/mol. The molecule has 0 saturated carbocycles. The maximum atomic E-state index is 11.0. The van der Waals surface area contributed by atoms with Crippen LogP contribution in [0.2, 0.25) is 0 Å². The van der Waals surface area contributed by atoms with Crippen LogP contribution in [0.15, 0.2) is 24.3 Å². The summed E-state index contributed by atoms with van der Waals surface area (Å²) < 4.78 is 0. The van der Waals surface area contributed by atoms with Crippen molar-refractivity contribution in [3.63, 3.8) is 0 Å². The zero-order valence-electron chi connectivity index (χ0n) is 11.1. The van der Waals surface area contributed by atoms with E-state index in [1.54, 1.807) is 12.1 Å². The number of rotatable bonds is 9. The van der Waals surface area contributed by atoms with Crippen molar-refractivity contribution < 1.29 is 9.90 Å². The van der Waals surface area contributed by atoms with Gasteiger partial charge in [-0.2, -0.15) is 0 Å². The number of carbonyl (C=O) groups is 1. The van der Waals surface area contributed by atoms with Gasteiger partial charge in [-0.1, -0.05) is 38.0 Å². The lowest BCUT2D eigenvalue weighted by atomic mass is 10.0. The molecule has 3 nitrogen and oxygen atoms in total. The summed E-state index contributed by atoms with van der Waals surface area (Å²) in [4.78, 5) is 11.0. The van der Waals surface area contributed by atoms with E-state index < -0.39 is 5.97 Å². The number of aryl methyl sites for hydroxylation is 1. The Morgan fingerprint density at radius 3 is 2.61 bits per heavy atom. The lowest BCUT2D eigenvalue weighted by Gasteiger charge is -2.07. The fraction of sp³-hybridized carbons (Fsp3) is 0.533.